The van der Waals surface area contributed by atoms with Crippen LogP contribution in [0.15, 0.2) is 48.5 Å². The molecule has 21 heavy (non-hydrogen) atoms. The van der Waals surface area contributed by atoms with Crippen molar-refractivity contribution in [3.05, 3.63) is 54.1 Å². The zero-order valence-corrected chi connectivity index (χ0v) is 10.4. The molecule has 0 fully saturated rings. The summed E-state index contributed by atoms with van der Waals surface area (Å²) in [7, 11) is 0. The second-order valence-electron chi connectivity index (χ2n) is 3.97. The van der Waals surface area contributed by atoms with Crippen LogP contribution in [0.1, 0.15) is 5.56 Å². The Bertz CT molecular complexity index is 635. The molecular weight excluding hydrogens is 289 g/mol. The van der Waals surface area contributed by atoms with Crippen molar-refractivity contribution in [2.75, 3.05) is 0 Å². The first-order valence-electron chi connectivity index (χ1n) is 5.70. The van der Waals surface area contributed by atoms with Crippen LogP contribution in [0.5, 0.6) is 17.2 Å². The molecule has 2 aromatic carbocycles. The van der Waals surface area contributed by atoms with E-state index in [9.17, 15) is 18.0 Å². The number of rotatable bonds is 3. The minimum absolute atomic E-state index is 0.0481. The molecule has 0 aliphatic heterocycles. The second-order valence-corrected chi connectivity index (χ2v) is 3.97. The van der Waals surface area contributed by atoms with Crippen LogP contribution in [-0.4, -0.2) is 11.3 Å². The van der Waals surface area contributed by atoms with Crippen LogP contribution in [0.3, 0.4) is 0 Å². The van der Waals surface area contributed by atoms with Gasteiger partial charge in [-0.25, -0.2) is 4.79 Å². The molecule has 0 saturated heterocycles. The molecule has 0 aromatic heterocycles. The van der Waals surface area contributed by atoms with Crippen LogP contribution in [-0.2, 0) is 6.18 Å². The molecule has 110 valence electrons. The highest BCUT2D eigenvalue weighted by molar-refractivity contribution is 5.61. The predicted molar refractivity (Wildman–Crippen MR) is 66.6 cm³/mol. The number of halogens is 3. The van der Waals surface area contributed by atoms with Gasteiger partial charge in [0.1, 0.15) is 17.2 Å². The average Bonchev–Trinajstić information content (AvgIpc) is 2.38. The van der Waals surface area contributed by atoms with Crippen molar-refractivity contribution >= 4 is 6.16 Å². The number of alkyl halides is 3. The number of hydrogen-bond acceptors (Lipinski definition) is 3. The van der Waals surface area contributed by atoms with E-state index < -0.39 is 17.9 Å². The third kappa shape index (κ3) is 4.13. The molecule has 0 atom stereocenters. The first-order valence-corrected chi connectivity index (χ1v) is 5.70. The Labute approximate surface area is 117 Å². The molecule has 1 N–H and O–H groups in total. The molecule has 2 aromatic rings. The fraction of sp³-hybridized carbons (Fsp3) is 0.0714. The summed E-state index contributed by atoms with van der Waals surface area (Å²) in [6, 6.07) is 9.88. The number of ether oxygens (including phenoxy) is 2. The third-order valence-corrected chi connectivity index (χ3v) is 2.43. The fourth-order valence-electron chi connectivity index (χ4n) is 1.55. The molecule has 0 aliphatic carbocycles. The molecule has 0 radical (unpaired) electrons. The summed E-state index contributed by atoms with van der Waals surface area (Å²) in [5, 5.41) is 8.48. The zero-order valence-electron chi connectivity index (χ0n) is 10.4. The number of carboxylic acid groups (broad SMARTS) is 1. The van der Waals surface area contributed by atoms with E-state index in [1.165, 1.54) is 36.4 Å². The molecule has 4 nitrogen and oxygen atoms in total. The lowest BCUT2D eigenvalue weighted by molar-refractivity contribution is -0.137. The van der Waals surface area contributed by atoms with Crippen LogP contribution in [0.25, 0.3) is 0 Å². The van der Waals surface area contributed by atoms with Gasteiger partial charge in [-0.2, -0.15) is 13.2 Å². The van der Waals surface area contributed by atoms with E-state index in [1.807, 2.05) is 0 Å². The first kappa shape index (κ1) is 14.7. The molecule has 0 heterocycles. The minimum atomic E-state index is -4.41. The van der Waals surface area contributed by atoms with Crippen molar-refractivity contribution in [2.24, 2.45) is 0 Å². The van der Waals surface area contributed by atoms with Crippen molar-refractivity contribution in [1.82, 2.24) is 0 Å². The van der Waals surface area contributed by atoms with Crippen molar-refractivity contribution in [2.45, 2.75) is 6.18 Å². The van der Waals surface area contributed by atoms with Gasteiger partial charge in [0.25, 0.3) is 0 Å². The SMILES string of the molecule is O=C(O)Oc1cccc(Oc2ccc(C(F)(F)F)cc2)c1. The lowest BCUT2D eigenvalue weighted by Gasteiger charge is -2.09. The lowest BCUT2D eigenvalue weighted by atomic mass is 10.2. The van der Waals surface area contributed by atoms with E-state index in [0.717, 1.165) is 12.1 Å². The molecule has 0 bridgehead atoms. The van der Waals surface area contributed by atoms with Gasteiger partial charge in [0, 0.05) is 6.07 Å². The Morgan fingerprint density at radius 1 is 0.952 bits per heavy atom. The first-order chi connectivity index (χ1) is 9.84. The maximum Gasteiger partial charge on any atom is 0.511 e. The van der Waals surface area contributed by atoms with Gasteiger partial charge in [0.2, 0.25) is 0 Å². The van der Waals surface area contributed by atoms with Gasteiger partial charge in [-0.05, 0) is 36.4 Å². The summed E-state index contributed by atoms with van der Waals surface area (Å²) < 4.78 is 47.0. The lowest BCUT2D eigenvalue weighted by Crippen LogP contribution is -2.04. The van der Waals surface area contributed by atoms with Crippen molar-refractivity contribution < 1.29 is 32.5 Å². The van der Waals surface area contributed by atoms with Crippen molar-refractivity contribution in [3.63, 3.8) is 0 Å². The van der Waals surface area contributed by atoms with Crippen LogP contribution in [0.2, 0.25) is 0 Å². The highest BCUT2D eigenvalue weighted by Crippen LogP contribution is 2.31. The van der Waals surface area contributed by atoms with Gasteiger partial charge < -0.3 is 14.6 Å². The summed E-state index contributed by atoms with van der Waals surface area (Å²) >= 11 is 0. The van der Waals surface area contributed by atoms with Gasteiger partial charge in [-0.1, -0.05) is 6.07 Å². The highest BCUT2D eigenvalue weighted by atomic mass is 19.4. The van der Waals surface area contributed by atoms with Gasteiger partial charge in [0.15, 0.2) is 0 Å². The Hall–Kier alpha value is -2.70. The van der Waals surface area contributed by atoms with Gasteiger partial charge in [-0.15, -0.1) is 0 Å². The maximum atomic E-state index is 12.4. The minimum Gasteiger partial charge on any atom is -0.457 e. The van der Waals surface area contributed by atoms with Crippen LogP contribution >= 0.6 is 0 Å². The van der Waals surface area contributed by atoms with E-state index in [1.54, 1.807) is 0 Å². The standard InChI is InChI=1S/C14H9F3O4/c15-14(16,17)9-4-6-10(7-5-9)20-11-2-1-3-12(8-11)21-13(18)19/h1-8H,(H,18,19). The number of carbonyl (C=O) groups is 1. The second kappa shape index (κ2) is 5.74. The summed E-state index contributed by atoms with van der Waals surface area (Å²) in [6.45, 7) is 0. The zero-order chi connectivity index (χ0) is 15.5. The average molecular weight is 298 g/mol. The maximum absolute atomic E-state index is 12.4. The Morgan fingerprint density at radius 3 is 2.14 bits per heavy atom. The quantitative estimate of drug-likeness (QED) is 0.667. The predicted octanol–water partition coefficient (Wildman–Crippen LogP) is 4.55. The van der Waals surface area contributed by atoms with Crippen LogP contribution in [0, 0.1) is 0 Å². The van der Waals surface area contributed by atoms with E-state index >= 15 is 0 Å². The van der Waals surface area contributed by atoms with E-state index in [0.29, 0.717) is 0 Å². The summed E-state index contributed by atoms with van der Waals surface area (Å²) in [6.07, 6.45) is -5.88. The van der Waals surface area contributed by atoms with Crippen molar-refractivity contribution in [1.29, 1.82) is 0 Å². The third-order valence-electron chi connectivity index (χ3n) is 2.43. The monoisotopic (exact) mass is 298 g/mol. The molecule has 0 spiro atoms. The summed E-state index contributed by atoms with van der Waals surface area (Å²) in [5.41, 5.74) is -0.780. The topological polar surface area (TPSA) is 55.8 Å². The van der Waals surface area contributed by atoms with Crippen molar-refractivity contribution in [3.8, 4) is 17.2 Å². The molecule has 0 unspecified atom stereocenters. The molecular formula is C14H9F3O4. The smallest absolute Gasteiger partial charge is 0.457 e. The van der Waals surface area contributed by atoms with Gasteiger partial charge in [-0.3, -0.25) is 0 Å². The van der Waals surface area contributed by atoms with E-state index in [4.69, 9.17) is 9.84 Å². The van der Waals surface area contributed by atoms with E-state index in [2.05, 4.69) is 4.74 Å². The van der Waals surface area contributed by atoms with Crippen LogP contribution < -0.4 is 9.47 Å². The Kier molecular flexibility index (Phi) is 4.02. The normalized spacial score (nSPS) is 11.0. The molecule has 0 saturated carbocycles. The Morgan fingerprint density at radius 2 is 1.57 bits per heavy atom. The summed E-state index contributed by atoms with van der Waals surface area (Å²) in [4.78, 5) is 10.4. The van der Waals surface area contributed by atoms with Gasteiger partial charge in [0.05, 0.1) is 5.56 Å². The number of benzene rings is 2. The molecule has 2 rings (SSSR count). The molecule has 0 aliphatic rings. The summed E-state index contributed by atoms with van der Waals surface area (Å²) in [5.74, 6) is 0.482. The van der Waals surface area contributed by atoms with Crippen LogP contribution in [0.4, 0.5) is 18.0 Å². The number of hydrogen-bond donors (Lipinski definition) is 1. The highest BCUT2D eigenvalue weighted by Gasteiger charge is 2.30. The van der Waals surface area contributed by atoms with E-state index in [-0.39, 0.29) is 17.2 Å². The molecule has 0 amide bonds. The fourth-order valence-corrected chi connectivity index (χ4v) is 1.55. The Balaban J connectivity index is 2.13. The molecule has 7 heteroatoms. The van der Waals surface area contributed by atoms with Gasteiger partial charge >= 0.3 is 12.3 Å². The largest absolute Gasteiger partial charge is 0.511 e.